The van der Waals surface area contributed by atoms with E-state index < -0.39 is 0 Å². The maximum Gasteiger partial charge on any atom is 0.0283 e. The largest absolute Gasteiger partial charge is 0.324 e. The van der Waals surface area contributed by atoms with Gasteiger partial charge in [-0.1, -0.05) is 13.0 Å². The molecule has 0 aromatic rings. The van der Waals surface area contributed by atoms with E-state index in [0.29, 0.717) is 0 Å². The zero-order chi connectivity index (χ0) is 9.03. The van der Waals surface area contributed by atoms with Crippen molar-refractivity contribution in [2.75, 3.05) is 19.6 Å². The van der Waals surface area contributed by atoms with E-state index in [9.17, 15) is 0 Å². The summed E-state index contributed by atoms with van der Waals surface area (Å²) in [6.07, 6.45) is 5.65. The van der Waals surface area contributed by atoms with Crippen molar-refractivity contribution in [1.29, 1.82) is 0 Å². The zero-order valence-electron chi connectivity index (χ0n) is 8.05. The van der Waals surface area contributed by atoms with Crippen molar-refractivity contribution < 1.29 is 0 Å². The molecule has 2 N–H and O–H groups in total. The molecule has 12 heavy (non-hydrogen) atoms. The molecule has 2 nitrogen and oxygen atoms in total. The lowest BCUT2D eigenvalue weighted by molar-refractivity contribution is 0.159. The van der Waals surface area contributed by atoms with E-state index in [1.165, 1.54) is 19.3 Å². The summed E-state index contributed by atoms with van der Waals surface area (Å²) < 4.78 is 0. The summed E-state index contributed by atoms with van der Waals surface area (Å²) in [5.74, 6) is 0. The fraction of sp³-hybridized carbons (Fsp3) is 0.800. The summed E-state index contributed by atoms with van der Waals surface area (Å²) in [5.41, 5.74) is 6.26. The van der Waals surface area contributed by atoms with Gasteiger partial charge in [0.05, 0.1) is 0 Å². The molecule has 1 fully saturated rings. The molecule has 0 aromatic carbocycles. The lowest BCUT2D eigenvalue weighted by atomic mass is 9.77. The molecule has 0 unspecified atom stereocenters. The Morgan fingerprint density at radius 1 is 1.58 bits per heavy atom. The fourth-order valence-corrected chi connectivity index (χ4v) is 1.72. The van der Waals surface area contributed by atoms with Crippen molar-refractivity contribution in [3.63, 3.8) is 0 Å². The van der Waals surface area contributed by atoms with Crippen LogP contribution in [0.2, 0.25) is 0 Å². The van der Waals surface area contributed by atoms with Gasteiger partial charge in [-0.15, -0.1) is 6.58 Å². The highest BCUT2D eigenvalue weighted by Gasteiger charge is 2.33. The Bertz CT molecular complexity index is 150. The molecule has 70 valence electrons. The number of likely N-dealkylation sites (N-methyl/N-ethyl adjacent to an activating group) is 1. The van der Waals surface area contributed by atoms with Crippen molar-refractivity contribution in [3.05, 3.63) is 12.7 Å². The van der Waals surface area contributed by atoms with Gasteiger partial charge in [-0.05, 0) is 25.8 Å². The highest BCUT2D eigenvalue weighted by molar-refractivity contribution is 4.95. The second kappa shape index (κ2) is 4.06. The molecule has 0 atom stereocenters. The van der Waals surface area contributed by atoms with Gasteiger partial charge in [0, 0.05) is 18.6 Å². The highest BCUT2D eigenvalue weighted by atomic mass is 15.1. The maximum absolute atomic E-state index is 6.13. The standard InChI is InChI=1S/C10H20N2/c1-3-8-12(4-2)9-10(11)6-5-7-10/h3H,1,4-9,11H2,2H3. The molecule has 0 amide bonds. The van der Waals surface area contributed by atoms with Crippen LogP contribution in [0, 0.1) is 0 Å². The summed E-state index contributed by atoms with van der Waals surface area (Å²) in [6, 6.07) is 0. The van der Waals surface area contributed by atoms with Crippen molar-refractivity contribution in [2.45, 2.75) is 31.7 Å². The minimum atomic E-state index is 0.124. The number of rotatable bonds is 5. The Balaban J connectivity index is 2.30. The Hall–Kier alpha value is -0.340. The normalized spacial score (nSPS) is 20.6. The number of nitrogens with zero attached hydrogens (tertiary/aromatic N) is 1. The molecule has 0 aromatic heterocycles. The Morgan fingerprint density at radius 3 is 2.58 bits per heavy atom. The number of hydrogen-bond donors (Lipinski definition) is 1. The van der Waals surface area contributed by atoms with E-state index in [2.05, 4.69) is 18.4 Å². The fourth-order valence-electron chi connectivity index (χ4n) is 1.72. The van der Waals surface area contributed by atoms with Crippen LogP contribution in [-0.4, -0.2) is 30.1 Å². The van der Waals surface area contributed by atoms with Gasteiger partial charge in [0.15, 0.2) is 0 Å². The van der Waals surface area contributed by atoms with E-state index >= 15 is 0 Å². The van der Waals surface area contributed by atoms with Crippen LogP contribution < -0.4 is 5.73 Å². The lowest BCUT2D eigenvalue weighted by Gasteiger charge is -2.41. The van der Waals surface area contributed by atoms with E-state index in [1.807, 2.05) is 6.08 Å². The lowest BCUT2D eigenvalue weighted by Crippen LogP contribution is -2.55. The van der Waals surface area contributed by atoms with Crippen LogP contribution >= 0.6 is 0 Å². The van der Waals surface area contributed by atoms with Crippen LogP contribution in [0.25, 0.3) is 0 Å². The van der Waals surface area contributed by atoms with Gasteiger partial charge < -0.3 is 5.73 Å². The molecule has 0 aliphatic heterocycles. The first-order valence-corrected chi connectivity index (χ1v) is 4.82. The van der Waals surface area contributed by atoms with Crippen LogP contribution in [0.15, 0.2) is 12.7 Å². The van der Waals surface area contributed by atoms with Crippen LogP contribution in [0.4, 0.5) is 0 Å². The third kappa shape index (κ3) is 2.32. The molecule has 0 saturated heterocycles. The number of nitrogens with two attached hydrogens (primary N) is 1. The van der Waals surface area contributed by atoms with Crippen LogP contribution in [0.3, 0.4) is 0 Å². The molecule has 1 saturated carbocycles. The van der Waals surface area contributed by atoms with Gasteiger partial charge in [-0.2, -0.15) is 0 Å². The maximum atomic E-state index is 6.13. The van der Waals surface area contributed by atoms with E-state index in [1.54, 1.807) is 0 Å². The van der Waals surface area contributed by atoms with Crippen molar-refractivity contribution >= 4 is 0 Å². The van der Waals surface area contributed by atoms with E-state index in [4.69, 9.17) is 5.73 Å². The van der Waals surface area contributed by atoms with Crippen molar-refractivity contribution in [3.8, 4) is 0 Å². The molecular formula is C10H20N2. The van der Waals surface area contributed by atoms with Crippen LogP contribution in [0.1, 0.15) is 26.2 Å². The van der Waals surface area contributed by atoms with Crippen LogP contribution in [0.5, 0.6) is 0 Å². The Morgan fingerprint density at radius 2 is 2.25 bits per heavy atom. The Labute approximate surface area is 75.4 Å². The predicted molar refractivity (Wildman–Crippen MR) is 53.1 cm³/mol. The van der Waals surface area contributed by atoms with Gasteiger partial charge >= 0.3 is 0 Å². The summed E-state index contributed by atoms with van der Waals surface area (Å²) in [4.78, 5) is 2.35. The molecule has 0 radical (unpaired) electrons. The van der Waals surface area contributed by atoms with Crippen LogP contribution in [-0.2, 0) is 0 Å². The molecule has 2 heteroatoms. The molecular weight excluding hydrogens is 148 g/mol. The topological polar surface area (TPSA) is 29.3 Å². The quantitative estimate of drug-likeness (QED) is 0.628. The third-order valence-corrected chi connectivity index (χ3v) is 2.72. The first-order valence-electron chi connectivity index (χ1n) is 4.82. The predicted octanol–water partition coefficient (Wildman–Crippen LogP) is 1.38. The minimum Gasteiger partial charge on any atom is -0.324 e. The smallest absolute Gasteiger partial charge is 0.0283 e. The van der Waals surface area contributed by atoms with Crippen molar-refractivity contribution in [2.24, 2.45) is 5.73 Å². The monoisotopic (exact) mass is 168 g/mol. The van der Waals surface area contributed by atoms with Gasteiger partial charge in [-0.3, -0.25) is 4.90 Å². The minimum absolute atomic E-state index is 0.124. The number of hydrogen-bond acceptors (Lipinski definition) is 2. The molecule has 0 bridgehead atoms. The highest BCUT2D eigenvalue weighted by Crippen LogP contribution is 2.29. The summed E-state index contributed by atoms with van der Waals surface area (Å²) in [6.45, 7) is 8.99. The molecule has 1 aliphatic carbocycles. The summed E-state index contributed by atoms with van der Waals surface area (Å²) in [7, 11) is 0. The Kier molecular flexibility index (Phi) is 3.29. The zero-order valence-corrected chi connectivity index (χ0v) is 8.05. The van der Waals surface area contributed by atoms with Gasteiger partial charge in [-0.25, -0.2) is 0 Å². The second-order valence-corrected chi connectivity index (χ2v) is 3.83. The first kappa shape index (κ1) is 9.75. The van der Waals surface area contributed by atoms with E-state index in [-0.39, 0.29) is 5.54 Å². The molecule has 0 heterocycles. The van der Waals surface area contributed by atoms with Gasteiger partial charge in [0.25, 0.3) is 0 Å². The first-order chi connectivity index (χ1) is 5.70. The molecule has 0 spiro atoms. The third-order valence-electron chi connectivity index (χ3n) is 2.72. The second-order valence-electron chi connectivity index (χ2n) is 3.83. The SMILES string of the molecule is C=CCN(CC)CC1(N)CCC1. The molecule has 1 aliphatic rings. The van der Waals surface area contributed by atoms with E-state index in [0.717, 1.165) is 19.6 Å². The van der Waals surface area contributed by atoms with Crippen molar-refractivity contribution in [1.82, 2.24) is 4.90 Å². The summed E-state index contributed by atoms with van der Waals surface area (Å²) >= 11 is 0. The van der Waals surface area contributed by atoms with Gasteiger partial charge in [0.2, 0.25) is 0 Å². The van der Waals surface area contributed by atoms with Gasteiger partial charge in [0.1, 0.15) is 0 Å². The average molecular weight is 168 g/mol. The molecule has 1 rings (SSSR count). The summed E-state index contributed by atoms with van der Waals surface area (Å²) in [5, 5.41) is 0. The average Bonchev–Trinajstić information content (AvgIpc) is 2.01.